The van der Waals surface area contributed by atoms with Crippen LogP contribution in [0.5, 0.6) is 11.5 Å². The van der Waals surface area contributed by atoms with Crippen molar-refractivity contribution in [2.75, 3.05) is 7.11 Å². The average molecular weight is 445 g/mol. The number of benzene rings is 3. The van der Waals surface area contributed by atoms with E-state index in [0.717, 1.165) is 16.7 Å². The highest BCUT2D eigenvalue weighted by atomic mass is 16.5. The fourth-order valence-corrected chi connectivity index (χ4v) is 3.21. The maximum Gasteiger partial charge on any atom is 0.251 e. The zero-order chi connectivity index (χ0) is 23.6. The number of hydrogen-bond donors (Lipinski definition) is 2. The number of methoxy groups -OCH3 is 1. The minimum absolute atomic E-state index is 0.187. The third-order valence-electron chi connectivity index (χ3n) is 5.14. The number of amides is 2. The minimum atomic E-state index is -0.238. The van der Waals surface area contributed by atoms with Crippen LogP contribution in [0.4, 0.5) is 0 Å². The number of ether oxygens (including phenoxy) is 2. The van der Waals surface area contributed by atoms with E-state index in [2.05, 4.69) is 17.2 Å². The summed E-state index contributed by atoms with van der Waals surface area (Å²) >= 11 is 0. The SMILES string of the molecule is C=CC(=O)NCc1ccc(C(=O)NC(C)c2ccc(OCc3ccccc3)c(OC)c2)cc1. The van der Waals surface area contributed by atoms with Gasteiger partial charge in [0, 0.05) is 12.1 Å². The van der Waals surface area contributed by atoms with Crippen molar-refractivity contribution in [3.8, 4) is 11.5 Å². The molecule has 0 heterocycles. The minimum Gasteiger partial charge on any atom is -0.493 e. The van der Waals surface area contributed by atoms with Gasteiger partial charge in [-0.1, -0.05) is 55.1 Å². The summed E-state index contributed by atoms with van der Waals surface area (Å²) in [6.07, 6.45) is 1.22. The predicted octanol–water partition coefficient (Wildman–Crippen LogP) is 4.57. The largest absolute Gasteiger partial charge is 0.493 e. The van der Waals surface area contributed by atoms with E-state index < -0.39 is 0 Å². The molecule has 0 radical (unpaired) electrons. The molecule has 2 amide bonds. The average Bonchev–Trinajstić information content (AvgIpc) is 2.86. The van der Waals surface area contributed by atoms with Crippen molar-refractivity contribution in [1.29, 1.82) is 0 Å². The van der Waals surface area contributed by atoms with Gasteiger partial charge < -0.3 is 20.1 Å². The molecule has 0 aliphatic carbocycles. The molecule has 2 N–H and O–H groups in total. The van der Waals surface area contributed by atoms with Crippen LogP contribution in [0.15, 0.2) is 85.5 Å². The lowest BCUT2D eigenvalue weighted by molar-refractivity contribution is -0.116. The van der Waals surface area contributed by atoms with Gasteiger partial charge in [-0.15, -0.1) is 0 Å². The first kappa shape index (κ1) is 23.6. The van der Waals surface area contributed by atoms with E-state index in [1.807, 2.05) is 67.6 Å². The number of carbonyl (C=O) groups is 2. The number of nitrogens with one attached hydrogen (secondary N) is 2. The van der Waals surface area contributed by atoms with Gasteiger partial charge in [0.15, 0.2) is 11.5 Å². The first-order valence-corrected chi connectivity index (χ1v) is 10.6. The van der Waals surface area contributed by atoms with Crippen LogP contribution in [0.1, 0.15) is 40.0 Å². The Morgan fingerprint density at radius 2 is 1.70 bits per heavy atom. The lowest BCUT2D eigenvalue weighted by atomic mass is 10.1. The van der Waals surface area contributed by atoms with E-state index in [1.54, 1.807) is 19.2 Å². The molecule has 6 heteroatoms. The maximum absolute atomic E-state index is 12.7. The molecule has 1 unspecified atom stereocenters. The summed E-state index contributed by atoms with van der Waals surface area (Å²) < 4.78 is 11.4. The monoisotopic (exact) mass is 444 g/mol. The lowest BCUT2D eigenvalue weighted by Gasteiger charge is -2.17. The van der Waals surface area contributed by atoms with Crippen LogP contribution in [0.2, 0.25) is 0 Å². The standard InChI is InChI=1S/C27H28N2O4/c1-4-26(30)28-17-20-10-12-22(13-11-20)27(31)29-19(2)23-14-15-24(25(16-23)32-3)33-18-21-8-6-5-7-9-21/h4-16,19H,1,17-18H2,2-3H3,(H,28,30)(H,29,31). The Bertz CT molecular complexity index is 1090. The highest BCUT2D eigenvalue weighted by Crippen LogP contribution is 2.31. The van der Waals surface area contributed by atoms with E-state index in [0.29, 0.717) is 30.2 Å². The van der Waals surface area contributed by atoms with Crippen LogP contribution in [0, 0.1) is 0 Å². The summed E-state index contributed by atoms with van der Waals surface area (Å²) in [4.78, 5) is 24.0. The normalized spacial score (nSPS) is 11.2. The molecule has 1 atom stereocenters. The summed E-state index contributed by atoms with van der Waals surface area (Å²) in [6.45, 7) is 6.15. The van der Waals surface area contributed by atoms with Crippen molar-refractivity contribution in [2.24, 2.45) is 0 Å². The van der Waals surface area contributed by atoms with Crippen molar-refractivity contribution in [1.82, 2.24) is 10.6 Å². The zero-order valence-corrected chi connectivity index (χ0v) is 18.8. The van der Waals surface area contributed by atoms with Gasteiger partial charge in [-0.25, -0.2) is 0 Å². The molecule has 0 aliphatic heterocycles. The van der Waals surface area contributed by atoms with Crippen LogP contribution in [0.25, 0.3) is 0 Å². The summed E-state index contributed by atoms with van der Waals surface area (Å²) in [5, 5.41) is 5.71. The maximum atomic E-state index is 12.7. The Labute approximate surface area is 194 Å². The summed E-state index contributed by atoms with van der Waals surface area (Å²) in [6, 6.07) is 22.4. The predicted molar refractivity (Wildman–Crippen MR) is 128 cm³/mol. The molecular weight excluding hydrogens is 416 g/mol. The lowest BCUT2D eigenvalue weighted by Crippen LogP contribution is -2.26. The molecule has 6 nitrogen and oxygen atoms in total. The van der Waals surface area contributed by atoms with E-state index in [1.165, 1.54) is 6.08 Å². The topological polar surface area (TPSA) is 76.7 Å². The van der Waals surface area contributed by atoms with Gasteiger partial charge >= 0.3 is 0 Å². The van der Waals surface area contributed by atoms with Crippen LogP contribution in [-0.4, -0.2) is 18.9 Å². The van der Waals surface area contributed by atoms with Crippen molar-refractivity contribution in [3.63, 3.8) is 0 Å². The molecule has 0 bridgehead atoms. The van der Waals surface area contributed by atoms with Crippen molar-refractivity contribution < 1.29 is 19.1 Å². The van der Waals surface area contributed by atoms with Gasteiger partial charge in [0.05, 0.1) is 13.2 Å². The Morgan fingerprint density at radius 3 is 2.36 bits per heavy atom. The Hall–Kier alpha value is -4.06. The third-order valence-corrected chi connectivity index (χ3v) is 5.14. The summed E-state index contributed by atoms with van der Waals surface area (Å²) in [7, 11) is 1.59. The molecule has 0 spiro atoms. The first-order valence-electron chi connectivity index (χ1n) is 10.6. The van der Waals surface area contributed by atoms with Gasteiger partial charge in [-0.05, 0) is 54.0 Å². The number of carbonyl (C=O) groups excluding carboxylic acids is 2. The van der Waals surface area contributed by atoms with Crippen LogP contribution < -0.4 is 20.1 Å². The second-order valence-corrected chi connectivity index (χ2v) is 7.50. The fraction of sp³-hybridized carbons (Fsp3) is 0.185. The molecule has 0 fully saturated rings. The van der Waals surface area contributed by atoms with Crippen molar-refractivity contribution >= 4 is 11.8 Å². The zero-order valence-electron chi connectivity index (χ0n) is 18.8. The summed E-state index contributed by atoms with van der Waals surface area (Å²) in [5.41, 5.74) is 3.40. The number of rotatable bonds is 10. The van der Waals surface area contributed by atoms with Gasteiger partial charge in [0.25, 0.3) is 5.91 Å². The van der Waals surface area contributed by atoms with E-state index >= 15 is 0 Å². The molecule has 3 rings (SSSR count). The van der Waals surface area contributed by atoms with Crippen molar-refractivity contribution in [3.05, 3.63) is 108 Å². The second-order valence-electron chi connectivity index (χ2n) is 7.50. The van der Waals surface area contributed by atoms with E-state index in [4.69, 9.17) is 9.47 Å². The molecule has 3 aromatic carbocycles. The molecule has 0 saturated heterocycles. The molecular formula is C27H28N2O4. The Morgan fingerprint density at radius 1 is 0.970 bits per heavy atom. The smallest absolute Gasteiger partial charge is 0.251 e. The van der Waals surface area contributed by atoms with Gasteiger partial charge in [-0.2, -0.15) is 0 Å². The molecule has 33 heavy (non-hydrogen) atoms. The second kappa shape index (κ2) is 11.5. The molecule has 3 aromatic rings. The summed E-state index contributed by atoms with van der Waals surface area (Å²) in [5.74, 6) is 0.823. The number of hydrogen-bond acceptors (Lipinski definition) is 4. The van der Waals surface area contributed by atoms with Gasteiger partial charge in [0.2, 0.25) is 5.91 Å². The van der Waals surface area contributed by atoms with Crippen LogP contribution in [0.3, 0.4) is 0 Å². The highest BCUT2D eigenvalue weighted by molar-refractivity contribution is 5.94. The quantitative estimate of drug-likeness (QED) is 0.449. The Kier molecular flexibility index (Phi) is 8.24. The Balaban J connectivity index is 1.60. The molecule has 0 aliphatic rings. The van der Waals surface area contributed by atoms with E-state index in [9.17, 15) is 9.59 Å². The molecule has 170 valence electrons. The van der Waals surface area contributed by atoms with Crippen LogP contribution in [-0.2, 0) is 17.9 Å². The third kappa shape index (κ3) is 6.71. The molecule has 0 saturated carbocycles. The van der Waals surface area contributed by atoms with Gasteiger partial charge in [-0.3, -0.25) is 9.59 Å². The first-order chi connectivity index (χ1) is 16.0. The van der Waals surface area contributed by atoms with Crippen molar-refractivity contribution in [2.45, 2.75) is 26.1 Å². The van der Waals surface area contributed by atoms with Crippen LogP contribution >= 0.6 is 0 Å². The van der Waals surface area contributed by atoms with Gasteiger partial charge in [0.1, 0.15) is 6.61 Å². The van der Waals surface area contributed by atoms with E-state index in [-0.39, 0.29) is 17.9 Å². The molecule has 0 aromatic heterocycles. The fourth-order valence-electron chi connectivity index (χ4n) is 3.21. The highest BCUT2D eigenvalue weighted by Gasteiger charge is 2.14.